The Morgan fingerprint density at radius 3 is 3.00 bits per heavy atom. The van der Waals surface area contributed by atoms with Gasteiger partial charge in [-0.05, 0) is 23.9 Å². The number of carbonyl (C=O) groups is 1. The zero-order valence-electron chi connectivity index (χ0n) is 9.22. The molecule has 1 aliphatic heterocycles. The number of thiophene rings is 1. The van der Waals surface area contributed by atoms with E-state index in [-0.39, 0.29) is 5.91 Å². The normalized spacial score (nSPS) is 18.8. The minimum absolute atomic E-state index is 0.0217. The molecule has 1 N–H and O–H groups in total. The van der Waals surface area contributed by atoms with Crippen molar-refractivity contribution >= 4 is 23.3 Å². The molecule has 0 bridgehead atoms. The average molecular weight is 237 g/mol. The number of β-amino-alcohol motifs (C(OH)–C–C–N with tert-alkyl or cyclic N) is 1. The van der Waals surface area contributed by atoms with Gasteiger partial charge < -0.3 is 10.0 Å². The van der Waals surface area contributed by atoms with Gasteiger partial charge in [0, 0.05) is 11.0 Å². The minimum atomic E-state index is -0.646. The van der Waals surface area contributed by atoms with Crippen LogP contribution in [0.4, 0.5) is 0 Å². The summed E-state index contributed by atoms with van der Waals surface area (Å²) in [5.74, 6) is -0.0217. The Hall–Kier alpha value is -1.13. The molecule has 0 unspecified atom stereocenters. The number of carbonyl (C=O) groups excluding carboxylic acids is 1. The molecule has 0 spiro atoms. The second-order valence-electron chi connectivity index (χ2n) is 4.12. The van der Waals surface area contributed by atoms with E-state index in [1.54, 1.807) is 22.3 Å². The lowest BCUT2D eigenvalue weighted by atomic mass is 9.91. The van der Waals surface area contributed by atoms with Gasteiger partial charge in [-0.1, -0.05) is 13.0 Å². The van der Waals surface area contributed by atoms with E-state index in [9.17, 15) is 9.90 Å². The lowest BCUT2D eigenvalue weighted by Crippen LogP contribution is -2.62. The lowest BCUT2D eigenvalue weighted by molar-refractivity contribution is -0.150. The van der Waals surface area contributed by atoms with Gasteiger partial charge in [0.15, 0.2) is 0 Å². The summed E-state index contributed by atoms with van der Waals surface area (Å²) in [5, 5.41) is 11.8. The topological polar surface area (TPSA) is 40.5 Å². The molecule has 1 aliphatic rings. The van der Waals surface area contributed by atoms with Crippen molar-refractivity contribution in [2.75, 3.05) is 13.1 Å². The molecule has 16 heavy (non-hydrogen) atoms. The Morgan fingerprint density at radius 1 is 1.69 bits per heavy atom. The average Bonchev–Trinajstić information content (AvgIpc) is 2.74. The van der Waals surface area contributed by atoms with E-state index in [0.29, 0.717) is 19.5 Å². The van der Waals surface area contributed by atoms with Crippen LogP contribution in [0.3, 0.4) is 0 Å². The number of hydrogen-bond acceptors (Lipinski definition) is 3. The van der Waals surface area contributed by atoms with E-state index in [2.05, 4.69) is 0 Å². The molecule has 0 aliphatic carbocycles. The highest BCUT2D eigenvalue weighted by molar-refractivity contribution is 7.10. The molecule has 3 nitrogen and oxygen atoms in total. The van der Waals surface area contributed by atoms with Crippen molar-refractivity contribution in [1.29, 1.82) is 0 Å². The fourth-order valence-corrected chi connectivity index (χ4v) is 2.31. The Morgan fingerprint density at radius 2 is 2.44 bits per heavy atom. The minimum Gasteiger partial charge on any atom is -0.386 e. The van der Waals surface area contributed by atoms with Crippen LogP contribution in [0.15, 0.2) is 23.6 Å². The predicted molar refractivity (Wildman–Crippen MR) is 65.2 cm³/mol. The van der Waals surface area contributed by atoms with Crippen molar-refractivity contribution in [3.05, 3.63) is 28.5 Å². The molecule has 0 atom stereocenters. The highest BCUT2D eigenvalue weighted by atomic mass is 32.1. The molecule has 1 aromatic rings. The van der Waals surface area contributed by atoms with Gasteiger partial charge in [0.1, 0.15) is 0 Å². The van der Waals surface area contributed by atoms with Gasteiger partial charge in [0.2, 0.25) is 5.91 Å². The maximum absolute atomic E-state index is 11.7. The summed E-state index contributed by atoms with van der Waals surface area (Å²) in [6.45, 7) is 2.84. The van der Waals surface area contributed by atoms with E-state index in [4.69, 9.17) is 0 Å². The summed E-state index contributed by atoms with van der Waals surface area (Å²) in [6, 6.07) is 3.92. The smallest absolute Gasteiger partial charge is 0.246 e. The van der Waals surface area contributed by atoms with E-state index < -0.39 is 5.60 Å². The van der Waals surface area contributed by atoms with Gasteiger partial charge in [-0.3, -0.25) is 4.79 Å². The SMILES string of the molecule is CCC1(O)CN(C(=O)C=Cc2cccs2)C1. The Bertz CT molecular complexity index is 391. The largest absolute Gasteiger partial charge is 0.386 e. The van der Waals surface area contributed by atoms with Crippen molar-refractivity contribution in [3.63, 3.8) is 0 Å². The van der Waals surface area contributed by atoms with Crippen molar-refractivity contribution in [3.8, 4) is 0 Å². The van der Waals surface area contributed by atoms with Gasteiger partial charge in [0.25, 0.3) is 0 Å². The Labute approximate surface area is 99.0 Å². The molecular formula is C12H15NO2S. The fraction of sp³-hybridized carbons (Fsp3) is 0.417. The first-order valence-electron chi connectivity index (χ1n) is 5.36. The molecule has 1 saturated heterocycles. The molecule has 0 radical (unpaired) electrons. The molecule has 0 saturated carbocycles. The summed E-state index contributed by atoms with van der Waals surface area (Å²) < 4.78 is 0. The summed E-state index contributed by atoms with van der Waals surface area (Å²) in [5.41, 5.74) is -0.646. The number of aliphatic hydroxyl groups is 1. The predicted octanol–water partition coefficient (Wildman–Crippen LogP) is 1.74. The first-order chi connectivity index (χ1) is 7.63. The third-order valence-corrected chi connectivity index (χ3v) is 3.71. The molecule has 86 valence electrons. The maximum Gasteiger partial charge on any atom is 0.246 e. The lowest BCUT2D eigenvalue weighted by Gasteiger charge is -2.45. The Balaban J connectivity index is 1.87. The molecule has 4 heteroatoms. The van der Waals surface area contributed by atoms with Crippen molar-refractivity contribution in [1.82, 2.24) is 4.90 Å². The van der Waals surface area contributed by atoms with Crippen LogP contribution in [0.2, 0.25) is 0 Å². The number of rotatable bonds is 3. The van der Waals surface area contributed by atoms with Crippen LogP contribution in [0.5, 0.6) is 0 Å². The summed E-state index contributed by atoms with van der Waals surface area (Å²) in [4.78, 5) is 14.4. The van der Waals surface area contributed by atoms with Crippen LogP contribution in [0, 0.1) is 0 Å². The molecule has 0 aromatic carbocycles. The third kappa shape index (κ3) is 2.33. The molecule has 2 rings (SSSR count). The first kappa shape index (κ1) is 11.4. The van der Waals surface area contributed by atoms with Gasteiger partial charge in [-0.15, -0.1) is 11.3 Å². The molecule has 1 aromatic heterocycles. The zero-order valence-corrected chi connectivity index (χ0v) is 10.0. The van der Waals surface area contributed by atoms with E-state index >= 15 is 0 Å². The molecule has 1 amide bonds. The maximum atomic E-state index is 11.7. The van der Waals surface area contributed by atoms with Crippen LogP contribution < -0.4 is 0 Å². The third-order valence-electron chi connectivity index (χ3n) is 2.87. The van der Waals surface area contributed by atoms with E-state index in [0.717, 1.165) is 4.88 Å². The first-order valence-corrected chi connectivity index (χ1v) is 6.24. The fourth-order valence-electron chi connectivity index (χ4n) is 1.69. The van der Waals surface area contributed by atoms with Gasteiger partial charge in [-0.2, -0.15) is 0 Å². The highest BCUT2D eigenvalue weighted by Gasteiger charge is 2.41. The summed E-state index contributed by atoms with van der Waals surface area (Å²) in [7, 11) is 0. The number of hydrogen-bond donors (Lipinski definition) is 1. The second kappa shape index (κ2) is 4.39. The van der Waals surface area contributed by atoms with Crippen molar-refractivity contribution < 1.29 is 9.90 Å². The summed E-state index contributed by atoms with van der Waals surface area (Å²) >= 11 is 1.60. The zero-order chi connectivity index (χ0) is 11.6. The second-order valence-corrected chi connectivity index (χ2v) is 5.10. The van der Waals surface area contributed by atoms with E-state index in [1.807, 2.05) is 30.5 Å². The van der Waals surface area contributed by atoms with Crippen molar-refractivity contribution in [2.45, 2.75) is 18.9 Å². The Kier molecular flexibility index (Phi) is 3.12. The molecule has 1 fully saturated rings. The quantitative estimate of drug-likeness (QED) is 0.814. The number of amides is 1. The highest BCUT2D eigenvalue weighted by Crippen LogP contribution is 2.24. The van der Waals surface area contributed by atoms with Crippen LogP contribution >= 0.6 is 11.3 Å². The van der Waals surface area contributed by atoms with Crippen LogP contribution in [-0.2, 0) is 4.79 Å². The van der Waals surface area contributed by atoms with Crippen LogP contribution in [0.1, 0.15) is 18.2 Å². The van der Waals surface area contributed by atoms with Crippen molar-refractivity contribution in [2.24, 2.45) is 0 Å². The van der Waals surface area contributed by atoms with Crippen LogP contribution in [0.25, 0.3) is 6.08 Å². The van der Waals surface area contributed by atoms with Gasteiger partial charge >= 0.3 is 0 Å². The van der Waals surface area contributed by atoms with Gasteiger partial charge in [0.05, 0.1) is 18.7 Å². The summed E-state index contributed by atoms with van der Waals surface area (Å²) in [6.07, 6.45) is 4.09. The monoisotopic (exact) mass is 237 g/mol. The van der Waals surface area contributed by atoms with E-state index in [1.165, 1.54) is 0 Å². The number of likely N-dealkylation sites (tertiary alicyclic amines) is 1. The van der Waals surface area contributed by atoms with Gasteiger partial charge in [-0.25, -0.2) is 0 Å². The molecule has 2 heterocycles. The standard InChI is InChI=1S/C12H15NO2S/c1-2-12(15)8-13(9-12)11(14)6-5-10-4-3-7-16-10/h3-7,15H,2,8-9H2,1H3. The van der Waals surface area contributed by atoms with Crippen LogP contribution in [-0.4, -0.2) is 34.6 Å². The number of nitrogens with zero attached hydrogens (tertiary/aromatic N) is 1. The molecular weight excluding hydrogens is 222 g/mol.